The highest BCUT2D eigenvalue weighted by Gasteiger charge is 2.32. The monoisotopic (exact) mass is 495 g/mol. The Morgan fingerprint density at radius 2 is 1.81 bits per heavy atom. The molecule has 36 heavy (non-hydrogen) atoms. The van der Waals surface area contributed by atoms with Gasteiger partial charge in [-0.3, -0.25) is 14.3 Å². The summed E-state index contributed by atoms with van der Waals surface area (Å²) in [7, 11) is 0. The zero-order valence-electron chi connectivity index (χ0n) is 20.9. The molecular weight excluding hydrogens is 461 g/mol. The van der Waals surface area contributed by atoms with E-state index in [9.17, 15) is 9.18 Å². The fourth-order valence-electron chi connectivity index (χ4n) is 5.34. The van der Waals surface area contributed by atoms with E-state index in [1.807, 2.05) is 18.7 Å². The third-order valence-electron chi connectivity index (χ3n) is 7.17. The first-order valence-corrected chi connectivity index (χ1v) is 12.8. The highest BCUT2D eigenvalue weighted by Crippen LogP contribution is 2.34. The first-order valence-electron chi connectivity index (χ1n) is 12.8. The summed E-state index contributed by atoms with van der Waals surface area (Å²) in [6, 6.07) is 5.36. The van der Waals surface area contributed by atoms with Crippen LogP contribution in [0.3, 0.4) is 0 Å². The quantitative estimate of drug-likeness (QED) is 0.559. The van der Waals surface area contributed by atoms with Crippen molar-refractivity contribution < 1.29 is 13.9 Å². The zero-order chi connectivity index (χ0) is 25.2. The van der Waals surface area contributed by atoms with Crippen molar-refractivity contribution in [1.29, 1.82) is 0 Å². The Morgan fingerprint density at radius 1 is 1.11 bits per heavy atom. The minimum atomic E-state index is -0.309. The molecule has 2 saturated heterocycles. The van der Waals surface area contributed by atoms with Gasteiger partial charge in [-0.05, 0) is 64.8 Å². The standard InChI is InChI=1S/C26H34FN7O2/c1-17(2)36-26-31-22-13-20(27)3-4-23(22)34(26)21-7-11-33(12-8-21)24(35)19-5-9-32(10-6-19)16-18-14-29-25(28)30-15-18/h3-4,13-15,17,19,21H,5-12,16H2,1-2H3,(H2,28,29,30). The van der Waals surface area contributed by atoms with E-state index in [0.29, 0.717) is 24.6 Å². The summed E-state index contributed by atoms with van der Waals surface area (Å²) in [6.07, 6.45) is 6.85. The summed E-state index contributed by atoms with van der Waals surface area (Å²) in [5.41, 5.74) is 8.08. The number of anilines is 1. The second-order valence-electron chi connectivity index (χ2n) is 10.1. The Bertz CT molecular complexity index is 1200. The predicted octanol–water partition coefficient (Wildman–Crippen LogP) is 3.41. The van der Waals surface area contributed by atoms with Crippen LogP contribution in [-0.4, -0.2) is 67.5 Å². The van der Waals surface area contributed by atoms with Gasteiger partial charge in [-0.2, -0.15) is 4.98 Å². The number of hydrogen-bond donors (Lipinski definition) is 1. The van der Waals surface area contributed by atoms with Crippen LogP contribution in [0.25, 0.3) is 11.0 Å². The molecule has 0 atom stereocenters. The number of amides is 1. The second kappa shape index (κ2) is 10.4. The second-order valence-corrected chi connectivity index (χ2v) is 10.1. The number of fused-ring (bicyclic) bond motifs is 1. The maximum atomic E-state index is 13.8. The smallest absolute Gasteiger partial charge is 0.297 e. The van der Waals surface area contributed by atoms with Crippen LogP contribution >= 0.6 is 0 Å². The summed E-state index contributed by atoms with van der Waals surface area (Å²) in [5, 5.41) is 0. The molecule has 3 aromatic rings. The molecule has 2 fully saturated rings. The molecular formula is C26H34FN7O2. The van der Waals surface area contributed by atoms with Crippen molar-refractivity contribution in [3.05, 3.63) is 42.0 Å². The highest BCUT2D eigenvalue weighted by atomic mass is 19.1. The number of rotatable bonds is 6. The number of aromatic nitrogens is 4. The molecule has 2 N–H and O–H groups in total. The molecule has 2 aromatic heterocycles. The Kier molecular flexibility index (Phi) is 7.04. The highest BCUT2D eigenvalue weighted by molar-refractivity contribution is 5.79. The van der Waals surface area contributed by atoms with Crippen molar-refractivity contribution in [3.8, 4) is 6.01 Å². The maximum Gasteiger partial charge on any atom is 0.297 e. The molecule has 192 valence electrons. The van der Waals surface area contributed by atoms with Gasteiger partial charge in [0.2, 0.25) is 11.9 Å². The van der Waals surface area contributed by atoms with Gasteiger partial charge >= 0.3 is 0 Å². The van der Waals surface area contributed by atoms with Crippen LogP contribution in [0.2, 0.25) is 0 Å². The molecule has 1 aromatic carbocycles. The van der Waals surface area contributed by atoms with Crippen LogP contribution in [0.1, 0.15) is 51.1 Å². The maximum absolute atomic E-state index is 13.8. The number of ether oxygens (including phenoxy) is 1. The zero-order valence-corrected chi connectivity index (χ0v) is 20.9. The molecule has 1 amide bonds. The van der Waals surface area contributed by atoms with Crippen LogP contribution in [0.4, 0.5) is 10.3 Å². The summed E-state index contributed by atoms with van der Waals surface area (Å²) in [5.74, 6) is 0.305. The SMILES string of the molecule is CC(C)Oc1nc2cc(F)ccc2n1C1CCN(C(=O)C2CCN(Cc3cnc(N)nc3)CC2)CC1. The minimum absolute atomic E-state index is 0.0366. The van der Waals surface area contributed by atoms with E-state index in [-0.39, 0.29) is 35.7 Å². The Morgan fingerprint density at radius 3 is 2.47 bits per heavy atom. The van der Waals surface area contributed by atoms with Gasteiger partial charge in [0.15, 0.2) is 0 Å². The molecule has 0 bridgehead atoms. The van der Waals surface area contributed by atoms with E-state index in [2.05, 4.69) is 24.4 Å². The van der Waals surface area contributed by atoms with Crippen molar-refractivity contribution in [1.82, 2.24) is 29.3 Å². The number of nitrogen functional groups attached to an aromatic ring is 1. The lowest BCUT2D eigenvalue weighted by Crippen LogP contribution is -2.45. The van der Waals surface area contributed by atoms with Crippen LogP contribution in [0, 0.1) is 11.7 Å². The van der Waals surface area contributed by atoms with Gasteiger partial charge in [-0.15, -0.1) is 0 Å². The largest absolute Gasteiger partial charge is 0.462 e. The van der Waals surface area contributed by atoms with E-state index in [0.717, 1.165) is 56.4 Å². The number of piperidine rings is 2. The number of benzene rings is 1. The third kappa shape index (κ3) is 5.28. The number of imidazole rings is 1. The fraction of sp³-hybridized carbons (Fsp3) is 0.538. The summed E-state index contributed by atoms with van der Waals surface area (Å²) in [6.45, 7) is 7.86. The van der Waals surface area contributed by atoms with Crippen LogP contribution < -0.4 is 10.5 Å². The minimum Gasteiger partial charge on any atom is -0.462 e. The van der Waals surface area contributed by atoms with Crippen LogP contribution in [-0.2, 0) is 11.3 Å². The van der Waals surface area contributed by atoms with Crippen molar-refractivity contribution in [2.24, 2.45) is 5.92 Å². The van der Waals surface area contributed by atoms with Gasteiger partial charge in [0.05, 0.1) is 17.1 Å². The van der Waals surface area contributed by atoms with Gasteiger partial charge in [0, 0.05) is 55.6 Å². The molecule has 2 aliphatic heterocycles. The fourth-order valence-corrected chi connectivity index (χ4v) is 5.34. The van der Waals surface area contributed by atoms with Gasteiger partial charge < -0.3 is 15.4 Å². The van der Waals surface area contributed by atoms with Gasteiger partial charge in [-0.25, -0.2) is 14.4 Å². The molecule has 10 heteroatoms. The summed E-state index contributed by atoms with van der Waals surface area (Å²) >= 11 is 0. The number of halogens is 1. The number of carbonyl (C=O) groups is 1. The molecule has 0 saturated carbocycles. The molecule has 0 radical (unpaired) electrons. The molecule has 0 aliphatic carbocycles. The predicted molar refractivity (Wildman–Crippen MR) is 135 cm³/mol. The molecule has 5 rings (SSSR count). The number of hydrogen-bond acceptors (Lipinski definition) is 7. The number of carbonyl (C=O) groups excluding carboxylic acids is 1. The topological polar surface area (TPSA) is 102 Å². The van der Waals surface area contributed by atoms with Crippen LogP contribution in [0.5, 0.6) is 6.01 Å². The molecule has 2 aliphatic rings. The van der Waals surface area contributed by atoms with Crippen molar-refractivity contribution >= 4 is 22.9 Å². The van der Waals surface area contributed by atoms with Gasteiger partial charge in [0.25, 0.3) is 6.01 Å². The van der Waals surface area contributed by atoms with Crippen molar-refractivity contribution in [2.45, 2.75) is 58.2 Å². The van der Waals surface area contributed by atoms with E-state index in [1.54, 1.807) is 18.5 Å². The first kappa shape index (κ1) is 24.4. The van der Waals surface area contributed by atoms with Gasteiger partial charge in [0.1, 0.15) is 5.82 Å². The Hall–Kier alpha value is -3.27. The van der Waals surface area contributed by atoms with Crippen molar-refractivity contribution in [3.63, 3.8) is 0 Å². The van der Waals surface area contributed by atoms with Crippen molar-refractivity contribution in [2.75, 3.05) is 31.9 Å². The molecule has 9 nitrogen and oxygen atoms in total. The normalized spacial score (nSPS) is 18.3. The molecule has 0 spiro atoms. The number of nitrogens with two attached hydrogens (primary N) is 1. The lowest BCUT2D eigenvalue weighted by Gasteiger charge is -2.37. The first-order chi connectivity index (χ1) is 17.4. The average molecular weight is 496 g/mol. The van der Waals surface area contributed by atoms with Gasteiger partial charge in [-0.1, -0.05) is 0 Å². The number of likely N-dealkylation sites (tertiary alicyclic amines) is 2. The molecule has 0 unspecified atom stereocenters. The average Bonchev–Trinajstić information content (AvgIpc) is 3.21. The van der Waals surface area contributed by atoms with E-state index < -0.39 is 0 Å². The van der Waals surface area contributed by atoms with Crippen LogP contribution in [0.15, 0.2) is 30.6 Å². The Labute approximate surface area is 210 Å². The summed E-state index contributed by atoms with van der Waals surface area (Å²) < 4.78 is 21.9. The summed E-state index contributed by atoms with van der Waals surface area (Å²) in [4.78, 5) is 30.3. The van der Waals surface area contributed by atoms with E-state index in [4.69, 9.17) is 10.5 Å². The molecule has 4 heterocycles. The lowest BCUT2D eigenvalue weighted by molar-refractivity contribution is -0.138. The third-order valence-corrected chi connectivity index (χ3v) is 7.17. The lowest BCUT2D eigenvalue weighted by atomic mass is 9.93. The number of nitrogens with zero attached hydrogens (tertiary/aromatic N) is 6. The Balaban J connectivity index is 1.18. The van der Waals surface area contributed by atoms with E-state index in [1.165, 1.54) is 12.1 Å². The van der Waals surface area contributed by atoms with E-state index >= 15 is 0 Å².